The molecule has 0 aromatic rings. The second-order valence-electron chi connectivity index (χ2n) is 5.91. The van der Waals surface area contributed by atoms with Crippen LogP contribution in [-0.2, 0) is 9.53 Å². The predicted molar refractivity (Wildman–Crippen MR) is 75.4 cm³/mol. The number of carboxylic acid groups (broad SMARTS) is 1. The maximum absolute atomic E-state index is 10.5. The van der Waals surface area contributed by atoms with E-state index in [2.05, 4.69) is 23.6 Å². The molecule has 0 spiro atoms. The summed E-state index contributed by atoms with van der Waals surface area (Å²) in [5.74, 6) is -0.0301. The molecule has 19 heavy (non-hydrogen) atoms. The number of carboxylic acids is 1. The predicted octanol–water partition coefficient (Wildman–Crippen LogP) is 1.14. The Balaban J connectivity index is 2.21. The van der Waals surface area contributed by atoms with Crippen molar-refractivity contribution in [2.75, 3.05) is 46.4 Å². The number of carbonyl (C=O) groups is 1. The van der Waals surface area contributed by atoms with Crippen molar-refractivity contribution in [3.63, 3.8) is 0 Å². The highest BCUT2D eigenvalue weighted by atomic mass is 16.5. The second kappa shape index (κ2) is 8.51. The molecule has 1 atom stereocenters. The average molecular weight is 272 g/mol. The fourth-order valence-corrected chi connectivity index (χ4v) is 2.51. The molecule has 0 amide bonds. The Morgan fingerprint density at radius 1 is 1.53 bits per heavy atom. The van der Waals surface area contributed by atoms with Crippen LogP contribution in [0.4, 0.5) is 0 Å². The van der Waals surface area contributed by atoms with Gasteiger partial charge in [-0.15, -0.1) is 0 Å². The lowest BCUT2D eigenvalue weighted by atomic mass is 10.1. The molecule has 1 unspecified atom stereocenters. The van der Waals surface area contributed by atoms with Crippen LogP contribution in [0.25, 0.3) is 0 Å². The van der Waals surface area contributed by atoms with Gasteiger partial charge < -0.3 is 14.7 Å². The lowest BCUT2D eigenvalue weighted by Crippen LogP contribution is -2.48. The van der Waals surface area contributed by atoms with Crippen LogP contribution in [0.1, 0.15) is 26.7 Å². The number of hydrogen-bond donors (Lipinski definition) is 1. The summed E-state index contributed by atoms with van der Waals surface area (Å²) in [6.07, 6.45) is 1.20. The van der Waals surface area contributed by atoms with Crippen molar-refractivity contribution in [2.45, 2.75) is 32.8 Å². The summed E-state index contributed by atoms with van der Waals surface area (Å²) in [5, 5.41) is 8.62. The molecule has 112 valence electrons. The van der Waals surface area contributed by atoms with Crippen molar-refractivity contribution >= 4 is 5.97 Å². The highest BCUT2D eigenvalue weighted by Gasteiger charge is 2.21. The lowest BCUT2D eigenvalue weighted by molar-refractivity contribution is -0.137. The summed E-state index contributed by atoms with van der Waals surface area (Å²) in [6, 6.07) is 0. The Kier molecular flexibility index (Phi) is 7.34. The van der Waals surface area contributed by atoms with Crippen molar-refractivity contribution < 1.29 is 14.6 Å². The van der Waals surface area contributed by atoms with Crippen molar-refractivity contribution in [2.24, 2.45) is 5.92 Å². The van der Waals surface area contributed by atoms with Crippen molar-refractivity contribution in [3.8, 4) is 0 Å². The number of nitrogens with zero attached hydrogens (tertiary/aromatic N) is 2. The highest BCUT2D eigenvalue weighted by Crippen LogP contribution is 2.09. The van der Waals surface area contributed by atoms with Crippen LogP contribution < -0.4 is 0 Å². The number of likely N-dealkylation sites (N-methyl/N-ethyl adjacent to an activating group) is 1. The van der Waals surface area contributed by atoms with Gasteiger partial charge in [0.15, 0.2) is 0 Å². The average Bonchev–Trinajstić information content (AvgIpc) is 2.27. The van der Waals surface area contributed by atoms with Crippen LogP contribution in [-0.4, -0.2) is 73.4 Å². The standard InChI is InChI=1S/C14H28N2O3/c1-12(2)9-16-7-8-19-13(11-16)10-15(3)6-4-5-14(17)18/h12-13H,4-11H2,1-3H3,(H,17,18). The Bertz CT molecular complexity index is 271. The third-order valence-corrected chi connectivity index (χ3v) is 3.29. The molecule has 1 rings (SSSR count). The maximum Gasteiger partial charge on any atom is 0.303 e. The molecule has 0 aromatic carbocycles. The van der Waals surface area contributed by atoms with Gasteiger partial charge in [-0.2, -0.15) is 0 Å². The van der Waals surface area contributed by atoms with Crippen LogP contribution in [0.2, 0.25) is 0 Å². The molecule has 1 heterocycles. The van der Waals surface area contributed by atoms with E-state index in [4.69, 9.17) is 9.84 Å². The fraction of sp³-hybridized carbons (Fsp3) is 0.929. The first kappa shape index (κ1) is 16.4. The second-order valence-corrected chi connectivity index (χ2v) is 5.91. The number of ether oxygens (including phenoxy) is 1. The Morgan fingerprint density at radius 2 is 2.26 bits per heavy atom. The molecular weight excluding hydrogens is 244 g/mol. The molecule has 1 saturated heterocycles. The zero-order valence-corrected chi connectivity index (χ0v) is 12.5. The van der Waals surface area contributed by atoms with Gasteiger partial charge in [-0.1, -0.05) is 13.8 Å². The van der Waals surface area contributed by atoms with E-state index in [0.29, 0.717) is 12.3 Å². The normalized spacial score (nSPS) is 21.2. The summed E-state index contributed by atoms with van der Waals surface area (Å²) < 4.78 is 5.79. The number of aliphatic carboxylic acids is 1. The molecule has 0 aliphatic carbocycles. The molecule has 1 N–H and O–H groups in total. The monoisotopic (exact) mass is 272 g/mol. The molecule has 1 fully saturated rings. The van der Waals surface area contributed by atoms with Crippen LogP contribution >= 0.6 is 0 Å². The number of rotatable bonds is 8. The third-order valence-electron chi connectivity index (χ3n) is 3.29. The molecule has 0 saturated carbocycles. The van der Waals surface area contributed by atoms with E-state index in [9.17, 15) is 4.79 Å². The van der Waals surface area contributed by atoms with Crippen molar-refractivity contribution in [1.82, 2.24) is 9.80 Å². The van der Waals surface area contributed by atoms with Crippen molar-refractivity contribution in [1.29, 1.82) is 0 Å². The van der Waals surface area contributed by atoms with Crippen LogP contribution in [0, 0.1) is 5.92 Å². The molecule has 0 aromatic heterocycles. The van der Waals surface area contributed by atoms with Crippen LogP contribution in [0.15, 0.2) is 0 Å². The zero-order chi connectivity index (χ0) is 14.3. The van der Waals surface area contributed by atoms with E-state index in [1.54, 1.807) is 0 Å². The van der Waals surface area contributed by atoms with Gasteiger partial charge in [0, 0.05) is 32.6 Å². The van der Waals surface area contributed by atoms with Gasteiger partial charge in [0.1, 0.15) is 0 Å². The molecule has 1 aliphatic heterocycles. The van der Waals surface area contributed by atoms with Crippen molar-refractivity contribution in [3.05, 3.63) is 0 Å². The number of morpholine rings is 1. The first-order chi connectivity index (χ1) is 8.97. The third kappa shape index (κ3) is 7.50. The van der Waals surface area contributed by atoms with Gasteiger partial charge >= 0.3 is 5.97 Å². The van der Waals surface area contributed by atoms with Gasteiger partial charge in [-0.25, -0.2) is 0 Å². The fourth-order valence-electron chi connectivity index (χ4n) is 2.51. The van der Waals surface area contributed by atoms with E-state index >= 15 is 0 Å². The van der Waals surface area contributed by atoms with E-state index in [1.165, 1.54) is 0 Å². The minimum Gasteiger partial charge on any atom is -0.481 e. The van der Waals surface area contributed by atoms with Gasteiger partial charge in [0.25, 0.3) is 0 Å². The molecule has 5 heteroatoms. The van der Waals surface area contributed by atoms with Gasteiger partial charge in [-0.05, 0) is 25.9 Å². The SMILES string of the molecule is CC(C)CN1CCOC(CN(C)CCCC(=O)O)C1. The minimum atomic E-state index is -0.717. The molecule has 5 nitrogen and oxygen atoms in total. The Morgan fingerprint density at radius 3 is 2.89 bits per heavy atom. The lowest BCUT2D eigenvalue weighted by Gasteiger charge is -2.35. The smallest absolute Gasteiger partial charge is 0.303 e. The van der Waals surface area contributed by atoms with Gasteiger partial charge in [0.2, 0.25) is 0 Å². The number of hydrogen-bond acceptors (Lipinski definition) is 4. The summed E-state index contributed by atoms with van der Waals surface area (Å²) in [6.45, 7) is 10.1. The van der Waals surface area contributed by atoms with Gasteiger partial charge in [-0.3, -0.25) is 9.69 Å². The maximum atomic E-state index is 10.5. The first-order valence-corrected chi connectivity index (χ1v) is 7.21. The van der Waals surface area contributed by atoms with E-state index in [0.717, 1.165) is 39.3 Å². The van der Waals surface area contributed by atoms with E-state index in [1.807, 2.05) is 7.05 Å². The van der Waals surface area contributed by atoms with E-state index in [-0.39, 0.29) is 12.5 Å². The first-order valence-electron chi connectivity index (χ1n) is 7.21. The van der Waals surface area contributed by atoms with Crippen LogP contribution in [0.3, 0.4) is 0 Å². The highest BCUT2D eigenvalue weighted by molar-refractivity contribution is 5.66. The minimum absolute atomic E-state index is 0.245. The topological polar surface area (TPSA) is 53.0 Å². The Hall–Kier alpha value is -0.650. The molecular formula is C14H28N2O3. The summed E-state index contributed by atoms with van der Waals surface area (Å²) >= 11 is 0. The Labute approximate surface area is 116 Å². The van der Waals surface area contributed by atoms with Gasteiger partial charge in [0.05, 0.1) is 12.7 Å². The molecule has 1 aliphatic rings. The zero-order valence-electron chi connectivity index (χ0n) is 12.5. The molecule has 0 bridgehead atoms. The summed E-state index contributed by atoms with van der Waals surface area (Å²) in [4.78, 5) is 15.1. The summed E-state index contributed by atoms with van der Waals surface area (Å²) in [7, 11) is 2.03. The summed E-state index contributed by atoms with van der Waals surface area (Å²) in [5.41, 5.74) is 0. The molecule has 0 radical (unpaired) electrons. The van der Waals surface area contributed by atoms with Crippen LogP contribution in [0.5, 0.6) is 0 Å². The largest absolute Gasteiger partial charge is 0.481 e. The quantitative estimate of drug-likeness (QED) is 0.718. The van der Waals surface area contributed by atoms with E-state index < -0.39 is 5.97 Å².